The minimum atomic E-state index is -3.59. The van der Waals surface area contributed by atoms with E-state index in [1.54, 1.807) is 4.72 Å². The van der Waals surface area contributed by atoms with E-state index in [1.807, 2.05) is 0 Å². The van der Waals surface area contributed by atoms with Gasteiger partial charge < -0.3 is 5.32 Å². The summed E-state index contributed by atoms with van der Waals surface area (Å²) in [6, 6.07) is 0. The normalized spacial score (nSPS) is 10.6. The van der Waals surface area contributed by atoms with Gasteiger partial charge in [-0.1, -0.05) is 0 Å². The number of amides is 2. The van der Waals surface area contributed by atoms with E-state index in [9.17, 15) is 18.0 Å². The van der Waals surface area contributed by atoms with Crippen molar-refractivity contribution in [1.29, 1.82) is 0 Å². The molecule has 0 atom stereocenters. The maximum Gasteiger partial charge on any atom is 0.236 e. The molecule has 13 heavy (non-hydrogen) atoms. The minimum absolute atomic E-state index is 0.00204. The molecule has 0 aromatic rings. The molecule has 0 spiro atoms. The van der Waals surface area contributed by atoms with E-state index in [2.05, 4.69) is 5.32 Å². The standard InChI is InChI=1S/C6H12N2O4S/c1-5(9)7-3-4-13(11,12)8-6(2)10/h3-4H2,1-2H3,(H,7,9)(H,8,10). The van der Waals surface area contributed by atoms with Gasteiger partial charge in [0.1, 0.15) is 0 Å². The lowest BCUT2D eigenvalue weighted by Gasteiger charge is -2.04. The summed E-state index contributed by atoms with van der Waals surface area (Å²) < 4.78 is 23.7. The van der Waals surface area contributed by atoms with Crippen LogP contribution in [0, 0.1) is 0 Å². The van der Waals surface area contributed by atoms with Crippen molar-refractivity contribution in [3.8, 4) is 0 Å². The van der Waals surface area contributed by atoms with Crippen LogP contribution in [0.15, 0.2) is 0 Å². The van der Waals surface area contributed by atoms with Gasteiger partial charge in [0, 0.05) is 20.4 Å². The Morgan fingerprint density at radius 2 is 1.69 bits per heavy atom. The third kappa shape index (κ3) is 7.26. The van der Waals surface area contributed by atoms with Crippen LogP contribution < -0.4 is 10.0 Å². The lowest BCUT2D eigenvalue weighted by Crippen LogP contribution is -2.35. The van der Waals surface area contributed by atoms with Gasteiger partial charge in [0.2, 0.25) is 21.8 Å². The fourth-order valence-corrected chi connectivity index (χ4v) is 1.54. The summed E-state index contributed by atoms with van der Waals surface area (Å²) in [7, 11) is -3.59. The number of rotatable bonds is 4. The number of hydrogen-bond donors (Lipinski definition) is 2. The van der Waals surface area contributed by atoms with Crippen molar-refractivity contribution in [3.05, 3.63) is 0 Å². The molecule has 0 aromatic carbocycles. The van der Waals surface area contributed by atoms with Crippen molar-refractivity contribution in [2.24, 2.45) is 0 Å². The molecule has 0 radical (unpaired) electrons. The molecule has 0 aliphatic heterocycles. The van der Waals surface area contributed by atoms with E-state index >= 15 is 0 Å². The Morgan fingerprint density at radius 1 is 1.15 bits per heavy atom. The third-order valence-corrected chi connectivity index (χ3v) is 2.38. The van der Waals surface area contributed by atoms with Crippen LogP contribution in [-0.4, -0.2) is 32.5 Å². The van der Waals surface area contributed by atoms with Crippen molar-refractivity contribution in [3.63, 3.8) is 0 Å². The molecule has 0 aliphatic rings. The SMILES string of the molecule is CC(=O)NCCS(=O)(=O)NC(C)=O. The number of nitrogens with one attached hydrogen (secondary N) is 2. The molecule has 2 amide bonds. The molecule has 0 fully saturated rings. The number of sulfonamides is 1. The fraction of sp³-hybridized carbons (Fsp3) is 0.667. The molecule has 76 valence electrons. The summed E-state index contributed by atoms with van der Waals surface area (Å²) in [5, 5.41) is 2.31. The Kier molecular flexibility index (Phi) is 4.39. The zero-order valence-corrected chi connectivity index (χ0v) is 8.27. The predicted molar refractivity (Wildman–Crippen MR) is 46.3 cm³/mol. The van der Waals surface area contributed by atoms with Crippen LogP contribution in [0.4, 0.5) is 0 Å². The third-order valence-electron chi connectivity index (χ3n) is 1.04. The van der Waals surface area contributed by atoms with Gasteiger partial charge in [-0.15, -0.1) is 0 Å². The van der Waals surface area contributed by atoms with Crippen LogP contribution in [-0.2, 0) is 19.6 Å². The first-order valence-electron chi connectivity index (χ1n) is 3.59. The van der Waals surface area contributed by atoms with Crippen molar-refractivity contribution < 1.29 is 18.0 Å². The molecular formula is C6H12N2O4S. The predicted octanol–water partition coefficient (Wildman–Crippen LogP) is -1.41. The zero-order chi connectivity index (χ0) is 10.5. The van der Waals surface area contributed by atoms with Gasteiger partial charge >= 0.3 is 0 Å². The second kappa shape index (κ2) is 4.80. The topological polar surface area (TPSA) is 92.3 Å². The van der Waals surface area contributed by atoms with Crippen LogP contribution in [0.1, 0.15) is 13.8 Å². The molecule has 2 N–H and O–H groups in total. The van der Waals surface area contributed by atoms with Crippen LogP contribution in [0.2, 0.25) is 0 Å². The number of hydrogen-bond acceptors (Lipinski definition) is 4. The Labute approximate surface area is 76.7 Å². The molecule has 0 aliphatic carbocycles. The highest BCUT2D eigenvalue weighted by Crippen LogP contribution is 1.82. The molecule has 0 aromatic heterocycles. The Hall–Kier alpha value is -1.11. The first-order chi connectivity index (χ1) is 5.83. The van der Waals surface area contributed by atoms with Crippen molar-refractivity contribution in [2.45, 2.75) is 13.8 Å². The van der Waals surface area contributed by atoms with Crippen LogP contribution in [0.25, 0.3) is 0 Å². The number of carbonyl (C=O) groups excluding carboxylic acids is 2. The van der Waals surface area contributed by atoms with Gasteiger partial charge in [-0.2, -0.15) is 0 Å². The fourth-order valence-electron chi connectivity index (χ4n) is 0.631. The second-order valence-electron chi connectivity index (χ2n) is 2.46. The van der Waals surface area contributed by atoms with Gasteiger partial charge in [0.05, 0.1) is 5.75 Å². The molecule has 7 heteroatoms. The largest absolute Gasteiger partial charge is 0.355 e. The second-order valence-corrected chi connectivity index (χ2v) is 4.30. The molecule has 0 bridgehead atoms. The summed E-state index contributed by atoms with van der Waals surface area (Å²) in [5.74, 6) is -1.24. The average molecular weight is 208 g/mol. The average Bonchev–Trinajstić information content (AvgIpc) is 1.81. The van der Waals surface area contributed by atoms with Crippen molar-refractivity contribution in [2.75, 3.05) is 12.3 Å². The van der Waals surface area contributed by atoms with E-state index in [1.165, 1.54) is 6.92 Å². The molecular weight excluding hydrogens is 196 g/mol. The van der Waals surface area contributed by atoms with Gasteiger partial charge in [-0.3, -0.25) is 14.3 Å². The first-order valence-corrected chi connectivity index (χ1v) is 5.24. The molecule has 0 saturated heterocycles. The van der Waals surface area contributed by atoms with Crippen molar-refractivity contribution >= 4 is 21.8 Å². The summed E-state index contributed by atoms with van der Waals surface area (Å²) in [6.07, 6.45) is 0. The summed E-state index contributed by atoms with van der Waals surface area (Å²) >= 11 is 0. The van der Waals surface area contributed by atoms with Crippen LogP contribution >= 0.6 is 0 Å². The van der Waals surface area contributed by atoms with Gasteiger partial charge in [0.25, 0.3) is 0 Å². The van der Waals surface area contributed by atoms with E-state index in [4.69, 9.17) is 0 Å². The smallest absolute Gasteiger partial charge is 0.236 e. The minimum Gasteiger partial charge on any atom is -0.355 e. The van der Waals surface area contributed by atoms with E-state index in [0.717, 1.165) is 6.92 Å². The Bertz CT molecular complexity index is 296. The quantitative estimate of drug-likeness (QED) is 0.593. The van der Waals surface area contributed by atoms with E-state index < -0.39 is 15.9 Å². The maximum atomic E-state index is 10.9. The van der Waals surface area contributed by atoms with Crippen LogP contribution in [0.5, 0.6) is 0 Å². The van der Waals surface area contributed by atoms with Gasteiger partial charge in [-0.05, 0) is 0 Å². The highest BCUT2D eigenvalue weighted by Gasteiger charge is 2.10. The zero-order valence-electron chi connectivity index (χ0n) is 7.46. The highest BCUT2D eigenvalue weighted by atomic mass is 32.2. The van der Waals surface area contributed by atoms with Gasteiger partial charge in [-0.25, -0.2) is 8.42 Å². The summed E-state index contributed by atoms with van der Waals surface area (Å²) in [6.45, 7) is 2.39. The van der Waals surface area contributed by atoms with E-state index in [-0.39, 0.29) is 18.2 Å². The lowest BCUT2D eigenvalue weighted by atomic mass is 10.6. The van der Waals surface area contributed by atoms with Crippen LogP contribution in [0.3, 0.4) is 0 Å². The lowest BCUT2D eigenvalue weighted by molar-refractivity contribution is -0.119. The van der Waals surface area contributed by atoms with Crippen molar-refractivity contribution in [1.82, 2.24) is 10.0 Å². The summed E-state index contributed by atoms with van der Waals surface area (Å²) in [5.41, 5.74) is 0. The Balaban J connectivity index is 3.91. The Morgan fingerprint density at radius 3 is 2.08 bits per heavy atom. The molecule has 0 heterocycles. The summed E-state index contributed by atoms with van der Waals surface area (Å²) in [4.78, 5) is 20.7. The number of carbonyl (C=O) groups is 2. The maximum absolute atomic E-state index is 10.9. The highest BCUT2D eigenvalue weighted by molar-refractivity contribution is 7.90. The molecule has 0 unspecified atom stereocenters. The molecule has 6 nitrogen and oxygen atoms in total. The molecule has 0 rings (SSSR count). The molecule has 0 saturated carbocycles. The van der Waals surface area contributed by atoms with E-state index in [0.29, 0.717) is 0 Å². The van der Waals surface area contributed by atoms with Gasteiger partial charge in [0.15, 0.2) is 0 Å². The monoisotopic (exact) mass is 208 g/mol. The first kappa shape index (κ1) is 11.9.